The molecule has 5 nitrogen and oxygen atoms in total. The van der Waals surface area contributed by atoms with Crippen LogP contribution in [0.4, 0.5) is 13.2 Å². The van der Waals surface area contributed by atoms with Crippen molar-refractivity contribution in [3.05, 3.63) is 29.7 Å². The molecular formula is C8H5F3N4O. The van der Waals surface area contributed by atoms with Crippen LogP contribution >= 0.6 is 0 Å². The van der Waals surface area contributed by atoms with E-state index >= 15 is 0 Å². The highest BCUT2D eigenvalue weighted by Gasteiger charge is 2.34. The Balaban J connectivity index is 2.73. The minimum absolute atomic E-state index is 0.0800. The van der Waals surface area contributed by atoms with E-state index in [0.29, 0.717) is 4.52 Å². The van der Waals surface area contributed by atoms with Crippen LogP contribution in [0.1, 0.15) is 16.3 Å². The van der Waals surface area contributed by atoms with Crippen molar-refractivity contribution in [2.24, 2.45) is 5.73 Å². The van der Waals surface area contributed by atoms with Gasteiger partial charge < -0.3 is 5.73 Å². The molecule has 2 aromatic heterocycles. The van der Waals surface area contributed by atoms with Crippen LogP contribution < -0.4 is 5.73 Å². The molecule has 0 atom stereocenters. The van der Waals surface area contributed by atoms with E-state index in [1.165, 1.54) is 12.1 Å². The van der Waals surface area contributed by atoms with Gasteiger partial charge in [0.1, 0.15) is 5.69 Å². The standard InChI is InChI=1S/C8H5F3N4O/c9-8(10,11)4-2-1-3-5-13-7(6(12)16)14-15(4)5/h1-3H,(H2,12,16). The molecule has 0 saturated heterocycles. The molecule has 0 aliphatic carbocycles. The van der Waals surface area contributed by atoms with Crippen LogP contribution in [0.5, 0.6) is 0 Å². The first-order chi connectivity index (χ1) is 7.39. The van der Waals surface area contributed by atoms with Gasteiger partial charge in [0.15, 0.2) is 5.65 Å². The molecule has 1 amide bonds. The van der Waals surface area contributed by atoms with E-state index in [1.54, 1.807) is 0 Å². The van der Waals surface area contributed by atoms with Crippen molar-refractivity contribution in [1.29, 1.82) is 0 Å². The molecule has 0 aliphatic rings. The fourth-order valence-corrected chi connectivity index (χ4v) is 1.22. The highest BCUT2D eigenvalue weighted by molar-refractivity contribution is 5.89. The Morgan fingerprint density at radius 3 is 2.62 bits per heavy atom. The first kappa shape index (κ1) is 10.4. The summed E-state index contributed by atoms with van der Waals surface area (Å²) in [5.74, 6) is -1.42. The molecule has 8 heteroatoms. The molecule has 0 aromatic carbocycles. The van der Waals surface area contributed by atoms with Gasteiger partial charge in [0.2, 0.25) is 5.82 Å². The Morgan fingerprint density at radius 1 is 1.38 bits per heavy atom. The number of carbonyl (C=O) groups is 1. The maximum atomic E-state index is 12.5. The Bertz CT molecular complexity index is 560. The fourth-order valence-electron chi connectivity index (χ4n) is 1.22. The highest BCUT2D eigenvalue weighted by Crippen LogP contribution is 2.28. The first-order valence-corrected chi connectivity index (χ1v) is 4.12. The number of amides is 1. The third-order valence-electron chi connectivity index (χ3n) is 1.87. The summed E-state index contributed by atoms with van der Waals surface area (Å²) in [4.78, 5) is 14.3. The number of hydrogen-bond donors (Lipinski definition) is 1. The maximum absolute atomic E-state index is 12.5. The molecule has 0 radical (unpaired) electrons. The van der Waals surface area contributed by atoms with E-state index in [4.69, 9.17) is 5.73 Å². The average Bonchev–Trinajstić information content (AvgIpc) is 2.58. The van der Waals surface area contributed by atoms with Crippen molar-refractivity contribution >= 4 is 11.6 Å². The lowest BCUT2D eigenvalue weighted by atomic mass is 10.3. The van der Waals surface area contributed by atoms with Gasteiger partial charge in [0.05, 0.1) is 0 Å². The summed E-state index contributed by atoms with van der Waals surface area (Å²) in [7, 11) is 0. The summed E-state index contributed by atoms with van der Waals surface area (Å²) < 4.78 is 38.1. The maximum Gasteiger partial charge on any atom is 0.433 e. The van der Waals surface area contributed by atoms with E-state index in [1.807, 2.05) is 0 Å². The Hall–Kier alpha value is -2.12. The van der Waals surface area contributed by atoms with E-state index < -0.39 is 23.6 Å². The zero-order valence-electron chi connectivity index (χ0n) is 7.69. The van der Waals surface area contributed by atoms with Crippen LogP contribution in [0.15, 0.2) is 18.2 Å². The molecule has 0 aliphatic heterocycles. The quantitative estimate of drug-likeness (QED) is 0.789. The Kier molecular flexibility index (Phi) is 2.07. The summed E-state index contributed by atoms with van der Waals surface area (Å²) in [6.07, 6.45) is -4.57. The number of hydrogen-bond acceptors (Lipinski definition) is 3. The van der Waals surface area contributed by atoms with Gasteiger partial charge >= 0.3 is 6.18 Å². The predicted octanol–water partition coefficient (Wildman–Crippen LogP) is 0.847. The normalized spacial score (nSPS) is 11.9. The number of nitrogens with zero attached hydrogens (tertiary/aromatic N) is 3. The van der Waals surface area contributed by atoms with Gasteiger partial charge in [0.25, 0.3) is 5.91 Å². The van der Waals surface area contributed by atoms with E-state index in [-0.39, 0.29) is 5.65 Å². The van der Waals surface area contributed by atoms with Crippen molar-refractivity contribution in [1.82, 2.24) is 14.6 Å². The number of aromatic nitrogens is 3. The molecule has 0 unspecified atom stereocenters. The topological polar surface area (TPSA) is 73.3 Å². The second kappa shape index (κ2) is 3.19. The summed E-state index contributed by atoms with van der Waals surface area (Å²) >= 11 is 0. The Labute approximate surface area is 86.7 Å². The summed E-state index contributed by atoms with van der Waals surface area (Å²) in [5.41, 5.74) is 3.79. The lowest BCUT2D eigenvalue weighted by molar-refractivity contribution is -0.142. The number of carbonyl (C=O) groups excluding carboxylic acids is 1. The lowest BCUT2D eigenvalue weighted by Crippen LogP contribution is -2.15. The van der Waals surface area contributed by atoms with Crippen molar-refractivity contribution in [2.75, 3.05) is 0 Å². The molecule has 2 aromatic rings. The Morgan fingerprint density at radius 2 is 2.06 bits per heavy atom. The molecule has 0 saturated carbocycles. The minimum atomic E-state index is -4.57. The van der Waals surface area contributed by atoms with Crippen LogP contribution in [0.2, 0.25) is 0 Å². The average molecular weight is 230 g/mol. The number of nitrogens with two attached hydrogens (primary N) is 1. The smallest absolute Gasteiger partial charge is 0.363 e. The number of pyridine rings is 1. The molecule has 84 valence electrons. The van der Waals surface area contributed by atoms with Gasteiger partial charge in [-0.15, -0.1) is 5.10 Å². The molecular weight excluding hydrogens is 225 g/mol. The third kappa shape index (κ3) is 1.58. The first-order valence-electron chi connectivity index (χ1n) is 4.12. The summed E-state index contributed by atoms with van der Waals surface area (Å²) in [6, 6.07) is 3.32. The second-order valence-corrected chi connectivity index (χ2v) is 2.98. The molecule has 0 fully saturated rings. The number of primary amides is 1. The zero-order valence-corrected chi connectivity index (χ0v) is 7.69. The van der Waals surface area contributed by atoms with Crippen molar-refractivity contribution in [3.63, 3.8) is 0 Å². The number of rotatable bonds is 1. The van der Waals surface area contributed by atoms with Gasteiger partial charge in [-0.3, -0.25) is 4.79 Å². The minimum Gasteiger partial charge on any atom is -0.363 e. The largest absolute Gasteiger partial charge is 0.433 e. The lowest BCUT2D eigenvalue weighted by Gasteiger charge is -2.06. The van der Waals surface area contributed by atoms with Gasteiger partial charge in [0, 0.05) is 0 Å². The van der Waals surface area contributed by atoms with Crippen molar-refractivity contribution < 1.29 is 18.0 Å². The van der Waals surface area contributed by atoms with Gasteiger partial charge in [-0.2, -0.15) is 13.2 Å². The van der Waals surface area contributed by atoms with Crippen LogP contribution in [-0.4, -0.2) is 20.5 Å². The van der Waals surface area contributed by atoms with Gasteiger partial charge in [-0.1, -0.05) is 6.07 Å². The number of alkyl halides is 3. The molecule has 0 spiro atoms. The van der Waals surface area contributed by atoms with Crippen LogP contribution in [0.3, 0.4) is 0 Å². The molecule has 0 bridgehead atoms. The second-order valence-electron chi connectivity index (χ2n) is 2.98. The van der Waals surface area contributed by atoms with Gasteiger partial charge in [-0.25, -0.2) is 9.50 Å². The summed E-state index contributed by atoms with van der Waals surface area (Å²) in [5, 5.41) is 3.39. The van der Waals surface area contributed by atoms with Crippen molar-refractivity contribution in [2.45, 2.75) is 6.18 Å². The van der Waals surface area contributed by atoms with Crippen LogP contribution in [-0.2, 0) is 6.18 Å². The fraction of sp³-hybridized carbons (Fsp3) is 0.125. The van der Waals surface area contributed by atoms with E-state index in [9.17, 15) is 18.0 Å². The predicted molar refractivity (Wildman–Crippen MR) is 46.5 cm³/mol. The highest BCUT2D eigenvalue weighted by atomic mass is 19.4. The van der Waals surface area contributed by atoms with E-state index in [2.05, 4.69) is 10.1 Å². The number of fused-ring (bicyclic) bond motifs is 1. The van der Waals surface area contributed by atoms with Crippen molar-refractivity contribution in [3.8, 4) is 0 Å². The monoisotopic (exact) mass is 230 g/mol. The molecule has 2 rings (SSSR count). The SMILES string of the molecule is NC(=O)c1nc2cccc(C(F)(F)F)n2n1. The van der Waals surface area contributed by atoms with Crippen LogP contribution in [0.25, 0.3) is 5.65 Å². The molecule has 2 heterocycles. The zero-order chi connectivity index (χ0) is 11.9. The van der Waals surface area contributed by atoms with Gasteiger partial charge in [-0.05, 0) is 12.1 Å². The van der Waals surface area contributed by atoms with E-state index in [0.717, 1.165) is 6.07 Å². The molecule has 16 heavy (non-hydrogen) atoms. The van der Waals surface area contributed by atoms with Crippen LogP contribution in [0, 0.1) is 0 Å². The third-order valence-corrected chi connectivity index (χ3v) is 1.87. The molecule has 2 N–H and O–H groups in total. The summed E-state index contributed by atoms with van der Waals surface area (Å²) in [6.45, 7) is 0. The number of halogens is 3.